The van der Waals surface area contributed by atoms with E-state index in [0.717, 1.165) is 12.3 Å². The number of pyridine rings is 1. The summed E-state index contributed by atoms with van der Waals surface area (Å²) in [6, 6.07) is 1.49. The first-order valence-electron chi connectivity index (χ1n) is 5.98. The number of sulfone groups is 1. The number of rotatable bonds is 6. The quantitative estimate of drug-likeness (QED) is 0.757. The molecule has 0 radical (unpaired) electrons. The Morgan fingerprint density at radius 1 is 1.38 bits per heavy atom. The number of carboxylic acid groups (broad SMARTS) is 1. The van der Waals surface area contributed by atoms with Crippen molar-refractivity contribution in [3.05, 3.63) is 35.7 Å². The van der Waals surface area contributed by atoms with Crippen molar-refractivity contribution in [2.75, 3.05) is 25.6 Å². The summed E-state index contributed by atoms with van der Waals surface area (Å²) >= 11 is 0. The lowest BCUT2D eigenvalue weighted by molar-refractivity contribution is -0.131. The predicted molar refractivity (Wildman–Crippen MR) is 77.6 cm³/mol. The van der Waals surface area contributed by atoms with Crippen LogP contribution in [0.1, 0.15) is 15.9 Å². The van der Waals surface area contributed by atoms with Crippen LogP contribution in [0.25, 0.3) is 6.08 Å². The van der Waals surface area contributed by atoms with Crippen molar-refractivity contribution in [1.82, 2.24) is 9.88 Å². The van der Waals surface area contributed by atoms with E-state index >= 15 is 0 Å². The van der Waals surface area contributed by atoms with Gasteiger partial charge in [-0.1, -0.05) is 0 Å². The van der Waals surface area contributed by atoms with Crippen LogP contribution in [-0.4, -0.2) is 60.9 Å². The summed E-state index contributed by atoms with van der Waals surface area (Å²) in [6.45, 7) is 0.0762. The Morgan fingerprint density at radius 3 is 2.62 bits per heavy atom. The number of aliphatic carboxylic acids is 1. The molecule has 0 saturated heterocycles. The van der Waals surface area contributed by atoms with Gasteiger partial charge >= 0.3 is 5.97 Å². The molecule has 1 amide bonds. The lowest BCUT2D eigenvalue weighted by Gasteiger charge is -2.16. The fourth-order valence-electron chi connectivity index (χ4n) is 1.46. The fourth-order valence-corrected chi connectivity index (χ4v) is 2.06. The molecule has 0 aromatic carbocycles. The van der Waals surface area contributed by atoms with Gasteiger partial charge in [0, 0.05) is 38.3 Å². The Labute approximate surface area is 122 Å². The van der Waals surface area contributed by atoms with Crippen LogP contribution < -0.4 is 0 Å². The first-order valence-corrected chi connectivity index (χ1v) is 8.04. The monoisotopic (exact) mass is 312 g/mol. The summed E-state index contributed by atoms with van der Waals surface area (Å²) in [5.74, 6) is -1.60. The van der Waals surface area contributed by atoms with Gasteiger partial charge in [-0.3, -0.25) is 9.78 Å². The van der Waals surface area contributed by atoms with Crippen molar-refractivity contribution in [2.24, 2.45) is 0 Å². The van der Waals surface area contributed by atoms with Gasteiger partial charge < -0.3 is 10.0 Å². The summed E-state index contributed by atoms with van der Waals surface area (Å²) in [5, 5.41) is 8.55. The van der Waals surface area contributed by atoms with Crippen molar-refractivity contribution >= 4 is 27.8 Å². The highest BCUT2D eigenvalue weighted by molar-refractivity contribution is 7.90. The Morgan fingerprint density at radius 2 is 2.05 bits per heavy atom. The van der Waals surface area contributed by atoms with Crippen LogP contribution >= 0.6 is 0 Å². The Kier molecular flexibility index (Phi) is 5.60. The zero-order chi connectivity index (χ0) is 16.0. The fraction of sp³-hybridized carbons (Fsp3) is 0.308. The number of amides is 1. The second-order valence-electron chi connectivity index (χ2n) is 4.54. The lowest BCUT2D eigenvalue weighted by Crippen LogP contribution is -2.31. The molecule has 1 rings (SSSR count). The average Bonchev–Trinajstić information content (AvgIpc) is 2.41. The summed E-state index contributed by atoms with van der Waals surface area (Å²) < 4.78 is 22.2. The van der Waals surface area contributed by atoms with E-state index in [1.807, 2.05) is 0 Å². The standard InChI is InChI=1S/C13H16N2O5S/c1-15(5-6-21(2,19)20)13(18)11-7-10(8-14-9-11)3-4-12(16)17/h3-4,7-9H,5-6H2,1-2H3,(H,16,17). The van der Waals surface area contributed by atoms with E-state index < -0.39 is 15.8 Å². The first kappa shape index (κ1) is 16.8. The van der Waals surface area contributed by atoms with E-state index in [1.165, 1.54) is 36.5 Å². The van der Waals surface area contributed by atoms with E-state index in [0.29, 0.717) is 5.56 Å². The summed E-state index contributed by atoms with van der Waals surface area (Å²) in [5.41, 5.74) is 0.735. The molecule has 114 valence electrons. The molecule has 0 fully saturated rings. The van der Waals surface area contributed by atoms with E-state index in [1.54, 1.807) is 0 Å². The van der Waals surface area contributed by atoms with Crippen molar-refractivity contribution in [1.29, 1.82) is 0 Å². The number of nitrogens with zero attached hydrogens (tertiary/aromatic N) is 2. The maximum absolute atomic E-state index is 12.1. The largest absolute Gasteiger partial charge is 0.478 e. The van der Waals surface area contributed by atoms with Crippen LogP contribution in [0.4, 0.5) is 0 Å². The van der Waals surface area contributed by atoms with Gasteiger partial charge in [-0.2, -0.15) is 0 Å². The van der Waals surface area contributed by atoms with Crippen LogP contribution in [0.3, 0.4) is 0 Å². The second-order valence-corrected chi connectivity index (χ2v) is 6.79. The SMILES string of the molecule is CN(CCS(C)(=O)=O)C(=O)c1cncc(C=CC(=O)O)c1. The zero-order valence-corrected chi connectivity index (χ0v) is 12.5. The molecule has 1 aromatic heterocycles. The molecule has 0 aliphatic rings. The maximum atomic E-state index is 12.1. The van der Waals surface area contributed by atoms with E-state index in [-0.39, 0.29) is 23.8 Å². The van der Waals surface area contributed by atoms with Gasteiger partial charge in [0.1, 0.15) is 9.84 Å². The highest BCUT2D eigenvalue weighted by atomic mass is 32.2. The summed E-state index contributed by atoms with van der Waals surface area (Å²) in [6.07, 6.45) is 6.13. The normalized spacial score (nSPS) is 11.5. The van der Waals surface area contributed by atoms with Crippen LogP contribution in [0.5, 0.6) is 0 Å². The molecule has 0 bridgehead atoms. The van der Waals surface area contributed by atoms with Gasteiger partial charge in [0.2, 0.25) is 0 Å². The van der Waals surface area contributed by atoms with Gasteiger partial charge in [-0.15, -0.1) is 0 Å². The van der Waals surface area contributed by atoms with Gasteiger partial charge in [-0.05, 0) is 17.7 Å². The molecule has 1 N–H and O–H groups in total. The second kappa shape index (κ2) is 6.98. The minimum absolute atomic E-state index is 0.0762. The highest BCUT2D eigenvalue weighted by Gasteiger charge is 2.14. The van der Waals surface area contributed by atoms with E-state index in [4.69, 9.17) is 5.11 Å². The van der Waals surface area contributed by atoms with Crippen LogP contribution in [-0.2, 0) is 14.6 Å². The third kappa shape index (κ3) is 6.17. The van der Waals surface area contributed by atoms with Gasteiger partial charge in [0.15, 0.2) is 0 Å². The average molecular weight is 312 g/mol. The zero-order valence-electron chi connectivity index (χ0n) is 11.7. The molecule has 0 spiro atoms. The van der Waals surface area contributed by atoms with Crippen molar-refractivity contribution in [2.45, 2.75) is 0 Å². The van der Waals surface area contributed by atoms with Crippen LogP contribution in [0.15, 0.2) is 24.5 Å². The molecule has 8 heteroatoms. The van der Waals surface area contributed by atoms with Gasteiger partial charge in [0.25, 0.3) is 5.91 Å². The molecule has 0 atom stereocenters. The van der Waals surface area contributed by atoms with Crippen LogP contribution in [0, 0.1) is 0 Å². The molecule has 7 nitrogen and oxygen atoms in total. The third-order valence-electron chi connectivity index (χ3n) is 2.57. The Bertz CT molecular complexity index is 667. The molecule has 1 aromatic rings. The smallest absolute Gasteiger partial charge is 0.328 e. The molecule has 0 aliphatic heterocycles. The Balaban J connectivity index is 2.82. The van der Waals surface area contributed by atoms with Crippen molar-refractivity contribution in [3.8, 4) is 0 Å². The first-order chi connectivity index (χ1) is 9.69. The summed E-state index contributed by atoms with van der Waals surface area (Å²) in [4.78, 5) is 27.7. The number of carbonyl (C=O) groups is 2. The number of carbonyl (C=O) groups excluding carboxylic acids is 1. The minimum atomic E-state index is -3.15. The number of aromatic nitrogens is 1. The number of hydrogen-bond acceptors (Lipinski definition) is 5. The molecule has 0 aliphatic carbocycles. The molecule has 0 saturated carbocycles. The number of carboxylic acids is 1. The van der Waals surface area contributed by atoms with Crippen molar-refractivity contribution < 1.29 is 23.1 Å². The Hall–Kier alpha value is -2.22. The number of hydrogen-bond donors (Lipinski definition) is 1. The molecule has 0 unspecified atom stereocenters. The molecule has 1 heterocycles. The maximum Gasteiger partial charge on any atom is 0.328 e. The molecule has 21 heavy (non-hydrogen) atoms. The van der Waals surface area contributed by atoms with E-state index in [2.05, 4.69) is 4.98 Å². The predicted octanol–water partition coefficient (Wildman–Crippen LogP) is 0.296. The molecular weight excluding hydrogens is 296 g/mol. The van der Waals surface area contributed by atoms with E-state index in [9.17, 15) is 18.0 Å². The lowest BCUT2D eigenvalue weighted by atomic mass is 10.2. The minimum Gasteiger partial charge on any atom is -0.478 e. The molecular formula is C13H16N2O5S. The topological polar surface area (TPSA) is 105 Å². The van der Waals surface area contributed by atoms with Crippen LogP contribution in [0.2, 0.25) is 0 Å². The van der Waals surface area contributed by atoms with Gasteiger partial charge in [-0.25, -0.2) is 13.2 Å². The van der Waals surface area contributed by atoms with Crippen molar-refractivity contribution in [3.63, 3.8) is 0 Å². The highest BCUT2D eigenvalue weighted by Crippen LogP contribution is 2.07. The third-order valence-corrected chi connectivity index (χ3v) is 3.49. The summed E-state index contributed by atoms with van der Waals surface area (Å²) in [7, 11) is -1.65. The van der Waals surface area contributed by atoms with Gasteiger partial charge in [0.05, 0.1) is 11.3 Å².